The van der Waals surface area contributed by atoms with Crippen LogP contribution in [0.2, 0.25) is 5.02 Å². The van der Waals surface area contributed by atoms with Gasteiger partial charge < -0.3 is 5.11 Å². The first-order valence-electron chi connectivity index (χ1n) is 8.60. The summed E-state index contributed by atoms with van der Waals surface area (Å²) >= 11 is 6.43. The number of benzene rings is 1. The molecule has 0 fully saturated rings. The van der Waals surface area contributed by atoms with Gasteiger partial charge in [-0.25, -0.2) is 0 Å². The summed E-state index contributed by atoms with van der Waals surface area (Å²) in [6.45, 7) is 5.15. The molecule has 132 valence electrons. The Kier molecular flexibility index (Phi) is 4.27. The van der Waals surface area contributed by atoms with Crippen molar-refractivity contribution < 1.29 is 5.11 Å². The Hall–Kier alpha value is -1.89. The fourth-order valence-electron chi connectivity index (χ4n) is 3.57. The quantitative estimate of drug-likeness (QED) is 0.781. The van der Waals surface area contributed by atoms with Gasteiger partial charge in [0.15, 0.2) is 0 Å². The minimum atomic E-state index is -0.536. The molecule has 2 aromatic heterocycles. The van der Waals surface area contributed by atoms with Gasteiger partial charge in [0.2, 0.25) is 0 Å². The molecular formula is C18H22ClN5O. The second-order valence-electron chi connectivity index (χ2n) is 6.73. The van der Waals surface area contributed by atoms with Crippen molar-refractivity contribution in [3.63, 3.8) is 0 Å². The number of halogens is 1. The van der Waals surface area contributed by atoms with E-state index in [1.807, 2.05) is 40.7 Å². The maximum Gasteiger partial charge on any atom is 0.0950 e. The summed E-state index contributed by atoms with van der Waals surface area (Å²) in [6, 6.07) is 7.93. The molecule has 6 nitrogen and oxygen atoms in total. The van der Waals surface area contributed by atoms with Crippen molar-refractivity contribution >= 4 is 22.5 Å². The Balaban J connectivity index is 1.63. The van der Waals surface area contributed by atoms with Crippen LogP contribution in [0.25, 0.3) is 10.9 Å². The highest BCUT2D eigenvalue weighted by Gasteiger charge is 2.21. The van der Waals surface area contributed by atoms with Crippen molar-refractivity contribution in [3.8, 4) is 0 Å². The van der Waals surface area contributed by atoms with E-state index < -0.39 is 6.10 Å². The van der Waals surface area contributed by atoms with Crippen LogP contribution >= 0.6 is 11.6 Å². The van der Waals surface area contributed by atoms with Gasteiger partial charge in [0.1, 0.15) is 0 Å². The summed E-state index contributed by atoms with van der Waals surface area (Å²) in [5, 5.41) is 20.8. The molecule has 0 saturated heterocycles. The largest absolute Gasteiger partial charge is 0.387 e. The van der Waals surface area contributed by atoms with Crippen molar-refractivity contribution in [1.29, 1.82) is 0 Å². The number of rotatable bonds is 3. The van der Waals surface area contributed by atoms with Gasteiger partial charge in [-0.3, -0.25) is 14.3 Å². The Morgan fingerprint density at radius 3 is 2.92 bits per heavy atom. The van der Waals surface area contributed by atoms with Crippen LogP contribution in [0.3, 0.4) is 0 Å². The number of nitrogens with zero attached hydrogens (tertiary/aromatic N) is 5. The van der Waals surface area contributed by atoms with E-state index in [2.05, 4.69) is 10.00 Å². The maximum absolute atomic E-state index is 9.78. The number of aliphatic hydroxyl groups excluding tert-OH is 1. The molecule has 1 N–H and O–H groups in total. The second kappa shape index (κ2) is 6.44. The average molecular weight is 360 g/mol. The molecule has 1 aromatic carbocycles. The molecule has 7 heteroatoms. The van der Waals surface area contributed by atoms with E-state index in [1.54, 1.807) is 6.92 Å². The van der Waals surface area contributed by atoms with Crippen LogP contribution in [0.15, 0.2) is 24.3 Å². The van der Waals surface area contributed by atoms with Crippen LogP contribution in [0.1, 0.15) is 36.5 Å². The molecule has 0 bridgehead atoms. The monoisotopic (exact) mass is 359 g/mol. The molecule has 1 aliphatic rings. The van der Waals surface area contributed by atoms with Crippen molar-refractivity contribution in [2.75, 3.05) is 6.54 Å². The van der Waals surface area contributed by atoms with E-state index in [1.165, 1.54) is 0 Å². The molecule has 1 aliphatic heterocycles. The highest BCUT2D eigenvalue weighted by atomic mass is 35.5. The number of fused-ring (bicyclic) bond motifs is 2. The molecule has 3 aromatic rings. The number of aliphatic hydroxyl groups is 1. The summed E-state index contributed by atoms with van der Waals surface area (Å²) in [4.78, 5) is 2.37. The summed E-state index contributed by atoms with van der Waals surface area (Å²) in [5.41, 5.74) is 3.94. The predicted molar refractivity (Wildman–Crippen MR) is 97.3 cm³/mol. The molecule has 4 rings (SSSR count). The van der Waals surface area contributed by atoms with E-state index >= 15 is 0 Å². The number of aromatic nitrogens is 4. The predicted octanol–water partition coefficient (Wildman–Crippen LogP) is 2.88. The van der Waals surface area contributed by atoms with E-state index in [-0.39, 0.29) is 0 Å². The molecular weight excluding hydrogens is 338 g/mol. The van der Waals surface area contributed by atoms with Gasteiger partial charge in [-0.2, -0.15) is 10.2 Å². The SMILES string of the molecule is C[C@H](O)c1cc2n(n1)CCCN(Cc1nn(C)c3cccc(Cl)c13)C2. The second-order valence-corrected chi connectivity index (χ2v) is 7.14. The molecule has 0 unspecified atom stereocenters. The highest BCUT2D eigenvalue weighted by molar-refractivity contribution is 6.35. The summed E-state index contributed by atoms with van der Waals surface area (Å²) in [7, 11) is 1.95. The first-order chi connectivity index (χ1) is 12.0. The smallest absolute Gasteiger partial charge is 0.0950 e. The third kappa shape index (κ3) is 3.05. The topological polar surface area (TPSA) is 59.1 Å². The molecule has 0 aliphatic carbocycles. The van der Waals surface area contributed by atoms with Crippen molar-refractivity contribution in [3.05, 3.63) is 46.4 Å². The fraction of sp³-hybridized carbons (Fsp3) is 0.444. The lowest BCUT2D eigenvalue weighted by Gasteiger charge is -2.18. The van der Waals surface area contributed by atoms with Crippen LogP contribution in [-0.4, -0.2) is 36.1 Å². The fourth-order valence-corrected chi connectivity index (χ4v) is 3.84. The molecule has 0 amide bonds. The highest BCUT2D eigenvalue weighted by Crippen LogP contribution is 2.28. The third-order valence-corrected chi connectivity index (χ3v) is 5.13. The Morgan fingerprint density at radius 2 is 2.12 bits per heavy atom. The van der Waals surface area contributed by atoms with E-state index in [9.17, 15) is 5.11 Å². The lowest BCUT2D eigenvalue weighted by Crippen LogP contribution is -2.23. The zero-order chi connectivity index (χ0) is 17.6. The van der Waals surface area contributed by atoms with E-state index in [4.69, 9.17) is 16.7 Å². The molecule has 25 heavy (non-hydrogen) atoms. The van der Waals surface area contributed by atoms with Gasteiger partial charge in [0.25, 0.3) is 0 Å². The van der Waals surface area contributed by atoms with Crippen molar-refractivity contribution in [1.82, 2.24) is 24.5 Å². The number of hydrogen-bond donors (Lipinski definition) is 1. The zero-order valence-corrected chi connectivity index (χ0v) is 15.2. The van der Waals surface area contributed by atoms with Gasteiger partial charge in [0, 0.05) is 38.6 Å². The lowest BCUT2D eigenvalue weighted by molar-refractivity contribution is 0.193. The van der Waals surface area contributed by atoms with Gasteiger partial charge in [-0.05, 0) is 31.5 Å². The number of aryl methyl sites for hydroxylation is 2. The van der Waals surface area contributed by atoms with E-state index in [0.29, 0.717) is 0 Å². The number of hydrogen-bond acceptors (Lipinski definition) is 4. The van der Waals surface area contributed by atoms with Crippen LogP contribution in [-0.2, 0) is 26.7 Å². The van der Waals surface area contributed by atoms with Crippen LogP contribution < -0.4 is 0 Å². The first-order valence-corrected chi connectivity index (χ1v) is 8.98. The van der Waals surface area contributed by atoms with Crippen molar-refractivity contribution in [2.45, 2.75) is 39.1 Å². The first kappa shape index (κ1) is 16.6. The Morgan fingerprint density at radius 1 is 1.28 bits per heavy atom. The standard InChI is InChI=1S/C18H22ClN5O/c1-12(25)15-9-13-10-23(7-4-8-24(13)21-15)11-16-18-14(19)5-3-6-17(18)22(2)20-16/h3,5-6,9,12,25H,4,7-8,10-11H2,1-2H3/t12-/m0/s1. The maximum atomic E-state index is 9.78. The molecule has 0 spiro atoms. The minimum Gasteiger partial charge on any atom is -0.387 e. The molecule has 0 saturated carbocycles. The van der Waals surface area contributed by atoms with Crippen LogP contribution in [0, 0.1) is 0 Å². The normalized spacial score (nSPS) is 16.8. The summed E-state index contributed by atoms with van der Waals surface area (Å²) in [5.74, 6) is 0. The van der Waals surface area contributed by atoms with Crippen LogP contribution in [0.5, 0.6) is 0 Å². The van der Waals surface area contributed by atoms with Gasteiger partial charge in [0.05, 0.1) is 33.7 Å². The lowest BCUT2D eigenvalue weighted by atomic mass is 10.2. The Bertz CT molecular complexity index is 914. The third-order valence-electron chi connectivity index (χ3n) is 4.81. The Labute approximate surface area is 151 Å². The summed E-state index contributed by atoms with van der Waals surface area (Å²) in [6.07, 6.45) is 0.485. The average Bonchev–Trinajstić information content (AvgIpc) is 3.05. The summed E-state index contributed by atoms with van der Waals surface area (Å²) < 4.78 is 3.91. The van der Waals surface area contributed by atoms with Gasteiger partial charge in [-0.15, -0.1) is 0 Å². The van der Waals surface area contributed by atoms with Crippen LogP contribution in [0.4, 0.5) is 0 Å². The van der Waals surface area contributed by atoms with E-state index in [0.717, 1.165) is 65.6 Å². The van der Waals surface area contributed by atoms with Gasteiger partial charge >= 0.3 is 0 Å². The molecule has 3 heterocycles. The van der Waals surface area contributed by atoms with Crippen molar-refractivity contribution in [2.24, 2.45) is 7.05 Å². The molecule has 0 radical (unpaired) electrons. The minimum absolute atomic E-state index is 0.536. The zero-order valence-electron chi connectivity index (χ0n) is 14.5. The molecule has 1 atom stereocenters. The van der Waals surface area contributed by atoms with Gasteiger partial charge in [-0.1, -0.05) is 17.7 Å².